The van der Waals surface area contributed by atoms with Crippen LogP contribution in [0.15, 0.2) is 64.9 Å². The Morgan fingerprint density at radius 3 is 2.53 bits per heavy atom. The van der Waals surface area contributed by atoms with Crippen LogP contribution in [0.4, 0.5) is 11.4 Å². The molecule has 9 heteroatoms. The summed E-state index contributed by atoms with van der Waals surface area (Å²) >= 11 is 7.22. The van der Waals surface area contributed by atoms with Gasteiger partial charge >= 0.3 is 0 Å². The van der Waals surface area contributed by atoms with Crippen LogP contribution in [0.5, 0.6) is 0 Å². The molecule has 1 saturated heterocycles. The van der Waals surface area contributed by atoms with E-state index in [-0.39, 0.29) is 9.77 Å². The van der Waals surface area contributed by atoms with Crippen molar-refractivity contribution in [3.05, 3.63) is 75.4 Å². The van der Waals surface area contributed by atoms with Crippen LogP contribution in [0.2, 0.25) is 5.02 Å². The summed E-state index contributed by atoms with van der Waals surface area (Å²) in [4.78, 5) is 15.3. The molecule has 0 saturated carbocycles. The molecule has 0 unspecified atom stereocenters. The standard InChI is InChI=1S/C23H24ClN3O3S2/c1-2-17-5-3-7-19(15-17)25-23(28)22-21(9-14-31-22)32(29,30)27-12-10-26(11-13-27)20-8-4-6-18(24)16-20/h3-9,14-16H,2,10-13H2,1H3,(H,25,28). The van der Waals surface area contributed by atoms with Crippen molar-refractivity contribution in [2.45, 2.75) is 18.2 Å². The number of thiophene rings is 1. The Labute approximate surface area is 197 Å². The van der Waals surface area contributed by atoms with Gasteiger partial charge in [-0.2, -0.15) is 4.31 Å². The Hall–Kier alpha value is -2.39. The fourth-order valence-electron chi connectivity index (χ4n) is 3.72. The Balaban J connectivity index is 1.48. The first-order valence-electron chi connectivity index (χ1n) is 10.4. The molecule has 1 fully saturated rings. The minimum atomic E-state index is -3.78. The summed E-state index contributed by atoms with van der Waals surface area (Å²) in [6.45, 7) is 3.82. The zero-order valence-electron chi connectivity index (χ0n) is 17.6. The molecule has 1 aliphatic heterocycles. The van der Waals surface area contributed by atoms with E-state index in [0.717, 1.165) is 29.0 Å². The second kappa shape index (κ2) is 9.62. The number of piperazine rings is 1. The van der Waals surface area contributed by atoms with Crippen LogP contribution in [0, 0.1) is 0 Å². The van der Waals surface area contributed by atoms with Gasteiger partial charge in [0, 0.05) is 42.6 Å². The molecule has 0 spiro atoms. The molecule has 2 aromatic carbocycles. The number of nitrogens with one attached hydrogen (secondary N) is 1. The number of sulfonamides is 1. The fourth-order valence-corrected chi connectivity index (χ4v) is 6.62. The second-order valence-corrected chi connectivity index (χ2v) is 10.8. The fraction of sp³-hybridized carbons (Fsp3) is 0.261. The van der Waals surface area contributed by atoms with Gasteiger partial charge in [0.25, 0.3) is 5.91 Å². The van der Waals surface area contributed by atoms with Gasteiger partial charge in [0.2, 0.25) is 10.0 Å². The van der Waals surface area contributed by atoms with Gasteiger partial charge in [-0.25, -0.2) is 8.42 Å². The van der Waals surface area contributed by atoms with Gasteiger partial charge in [-0.15, -0.1) is 11.3 Å². The van der Waals surface area contributed by atoms with E-state index < -0.39 is 15.9 Å². The highest BCUT2D eigenvalue weighted by atomic mass is 35.5. The van der Waals surface area contributed by atoms with Gasteiger partial charge in [0.1, 0.15) is 9.77 Å². The number of anilines is 2. The third-order valence-corrected chi connectivity index (χ3v) is 8.68. The summed E-state index contributed by atoms with van der Waals surface area (Å²) in [6.07, 6.45) is 0.851. The second-order valence-electron chi connectivity index (χ2n) is 7.49. The van der Waals surface area contributed by atoms with Crippen LogP contribution in [-0.4, -0.2) is 44.8 Å². The first kappa shape index (κ1) is 22.8. The third-order valence-electron chi connectivity index (χ3n) is 5.46. The summed E-state index contributed by atoms with van der Waals surface area (Å²) in [5.41, 5.74) is 2.72. The largest absolute Gasteiger partial charge is 0.369 e. The number of halogens is 1. The van der Waals surface area contributed by atoms with Crippen LogP contribution < -0.4 is 10.2 Å². The average Bonchev–Trinajstić information content (AvgIpc) is 3.30. The average molecular weight is 490 g/mol. The van der Waals surface area contributed by atoms with E-state index in [2.05, 4.69) is 10.2 Å². The summed E-state index contributed by atoms with van der Waals surface area (Å²) < 4.78 is 28.1. The van der Waals surface area contributed by atoms with E-state index in [0.29, 0.717) is 36.9 Å². The zero-order chi connectivity index (χ0) is 22.7. The van der Waals surface area contributed by atoms with Crippen LogP contribution >= 0.6 is 22.9 Å². The molecule has 1 amide bonds. The lowest BCUT2D eigenvalue weighted by Gasteiger charge is -2.35. The summed E-state index contributed by atoms with van der Waals surface area (Å²) in [5, 5.41) is 5.13. The number of aryl methyl sites for hydroxylation is 1. The van der Waals surface area contributed by atoms with E-state index in [1.54, 1.807) is 11.4 Å². The van der Waals surface area contributed by atoms with E-state index >= 15 is 0 Å². The molecular weight excluding hydrogens is 466 g/mol. The normalized spacial score (nSPS) is 15.0. The maximum absolute atomic E-state index is 13.3. The molecule has 4 rings (SSSR count). The lowest BCUT2D eigenvalue weighted by molar-refractivity contribution is 0.102. The number of carbonyl (C=O) groups excluding carboxylic acids is 1. The lowest BCUT2D eigenvalue weighted by atomic mass is 10.1. The summed E-state index contributed by atoms with van der Waals surface area (Å²) in [7, 11) is -3.78. The highest BCUT2D eigenvalue weighted by Crippen LogP contribution is 2.28. The van der Waals surface area contributed by atoms with Crippen molar-refractivity contribution < 1.29 is 13.2 Å². The molecule has 0 bridgehead atoms. The topological polar surface area (TPSA) is 69.7 Å². The molecule has 1 aromatic heterocycles. The van der Waals surface area contributed by atoms with Gasteiger partial charge in [-0.1, -0.05) is 36.7 Å². The SMILES string of the molecule is CCc1cccc(NC(=O)c2sccc2S(=O)(=O)N2CCN(c3cccc(Cl)c3)CC2)c1. The Kier molecular flexibility index (Phi) is 6.85. The minimum absolute atomic E-state index is 0.0582. The molecule has 2 heterocycles. The molecule has 0 radical (unpaired) electrons. The van der Waals surface area contributed by atoms with Crippen molar-refractivity contribution in [2.24, 2.45) is 0 Å². The predicted octanol–water partition coefficient (Wildman–Crippen LogP) is 4.73. The van der Waals surface area contributed by atoms with Crippen LogP contribution in [0.1, 0.15) is 22.2 Å². The first-order valence-corrected chi connectivity index (χ1v) is 13.1. The highest BCUT2D eigenvalue weighted by molar-refractivity contribution is 7.89. The van der Waals surface area contributed by atoms with E-state index in [4.69, 9.17) is 11.6 Å². The minimum Gasteiger partial charge on any atom is -0.369 e. The monoisotopic (exact) mass is 489 g/mol. The van der Waals surface area contributed by atoms with Gasteiger partial charge in [0.15, 0.2) is 0 Å². The molecule has 0 aliphatic carbocycles. The maximum Gasteiger partial charge on any atom is 0.267 e. The summed E-state index contributed by atoms with van der Waals surface area (Å²) in [6, 6.07) is 16.6. The maximum atomic E-state index is 13.3. The number of hydrogen-bond donors (Lipinski definition) is 1. The summed E-state index contributed by atoms with van der Waals surface area (Å²) in [5.74, 6) is -0.413. The molecular formula is C23H24ClN3O3S2. The highest BCUT2D eigenvalue weighted by Gasteiger charge is 2.32. The quantitative estimate of drug-likeness (QED) is 0.543. The zero-order valence-corrected chi connectivity index (χ0v) is 20.0. The van der Waals surface area contributed by atoms with E-state index in [1.807, 2.05) is 49.4 Å². The number of nitrogens with zero attached hydrogens (tertiary/aromatic N) is 2. The van der Waals surface area contributed by atoms with Gasteiger partial charge in [0.05, 0.1) is 0 Å². The molecule has 6 nitrogen and oxygen atoms in total. The Morgan fingerprint density at radius 1 is 1.06 bits per heavy atom. The number of hydrogen-bond acceptors (Lipinski definition) is 5. The van der Waals surface area contributed by atoms with Crippen molar-refractivity contribution in [2.75, 3.05) is 36.4 Å². The van der Waals surface area contributed by atoms with Gasteiger partial charge in [-0.05, 0) is 53.8 Å². The van der Waals surface area contributed by atoms with Crippen molar-refractivity contribution in [3.63, 3.8) is 0 Å². The molecule has 1 aliphatic rings. The number of carbonyl (C=O) groups is 1. The van der Waals surface area contributed by atoms with Gasteiger partial charge < -0.3 is 10.2 Å². The van der Waals surface area contributed by atoms with E-state index in [1.165, 1.54) is 10.4 Å². The van der Waals surface area contributed by atoms with Crippen molar-refractivity contribution in [1.29, 1.82) is 0 Å². The van der Waals surface area contributed by atoms with Crippen LogP contribution in [-0.2, 0) is 16.4 Å². The van der Waals surface area contributed by atoms with Crippen LogP contribution in [0.25, 0.3) is 0 Å². The number of benzene rings is 2. The number of rotatable bonds is 6. The van der Waals surface area contributed by atoms with Crippen molar-refractivity contribution >= 4 is 50.2 Å². The number of amides is 1. The Morgan fingerprint density at radius 2 is 1.81 bits per heavy atom. The van der Waals surface area contributed by atoms with Crippen molar-refractivity contribution in [1.82, 2.24) is 4.31 Å². The molecule has 1 N–H and O–H groups in total. The van der Waals surface area contributed by atoms with E-state index in [9.17, 15) is 13.2 Å². The Bertz CT molecular complexity index is 1220. The molecule has 0 atom stereocenters. The van der Waals surface area contributed by atoms with Crippen LogP contribution in [0.3, 0.4) is 0 Å². The van der Waals surface area contributed by atoms with Gasteiger partial charge in [-0.3, -0.25) is 4.79 Å². The lowest BCUT2D eigenvalue weighted by Crippen LogP contribution is -2.48. The van der Waals surface area contributed by atoms with Crippen molar-refractivity contribution in [3.8, 4) is 0 Å². The molecule has 32 heavy (non-hydrogen) atoms. The smallest absolute Gasteiger partial charge is 0.267 e. The molecule has 168 valence electrons. The predicted molar refractivity (Wildman–Crippen MR) is 131 cm³/mol. The molecule has 3 aromatic rings. The first-order chi connectivity index (χ1) is 15.4. The third kappa shape index (κ3) is 4.83.